The van der Waals surface area contributed by atoms with Crippen LogP contribution in [-0.2, 0) is 4.79 Å². The van der Waals surface area contributed by atoms with Crippen LogP contribution < -0.4 is 15.4 Å². The van der Waals surface area contributed by atoms with Gasteiger partial charge in [-0.15, -0.1) is 11.8 Å². The first-order valence-electron chi connectivity index (χ1n) is 8.12. The fraction of sp³-hybridized carbons (Fsp3) is 0.263. The molecule has 0 bridgehead atoms. The molecule has 0 heterocycles. The van der Waals surface area contributed by atoms with Crippen molar-refractivity contribution >= 4 is 29.3 Å². The summed E-state index contributed by atoms with van der Waals surface area (Å²) in [5, 5.41) is 5.78. The van der Waals surface area contributed by atoms with Gasteiger partial charge in [0.1, 0.15) is 5.75 Å². The molecular formula is C19H20N2O3S. The van der Waals surface area contributed by atoms with E-state index in [2.05, 4.69) is 10.6 Å². The zero-order valence-electron chi connectivity index (χ0n) is 14.0. The smallest absolute Gasteiger partial charge is 0.253 e. The number of rotatable bonds is 7. The molecular weight excluding hydrogens is 336 g/mol. The molecule has 3 rings (SSSR count). The maximum Gasteiger partial charge on any atom is 0.253 e. The van der Waals surface area contributed by atoms with Crippen LogP contribution in [0.4, 0.5) is 5.69 Å². The molecule has 0 radical (unpaired) electrons. The third kappa shape index (κ3) is 5.00. The van der Waals surface area contributed by atoms with E-state index in [-0.39, 0.29) is 23.6 Å². The average molecular weight is 356 g/mol. The molecule has 1 aliphatic rings. The van der Waals surface area contributed by atoms with Gasteiger partial charge < -0.3 is 15.4 Å². The van der Waals surface area contributed by atoms with E-state index >= 15 is 0 Å². The Labute approximate surface area is 151 Å². The van der Waals surface area contributed by atoms with Crippen LogP contribution in [0.15, 0.2) is 53.4 Å². The predicted molar refractivity (Wildman–Crippen MR) is 99.3 cm³/mol. The molecule has 130 valence electrons. The van der Waals surface area contributed by atoms with Crippen molar-refractivity contribution in [1.29, 1.82) is 0 Å². The van der Waals surface area contributed by atoms with E-state index in [0.29, 0.717) is 11.3 Å². The summed E-state index contributed by atoms with van der Waals surface area (Å²) >= 11 is 1.43. The zero-order valence-corrected chi connectivity index (χ0v) is 14.8. The van der Waals surface area contributed by atoms with Crippen LogP contribution in [0.25, 0.3) is 0 Å². The van der Waals surface area contributed by atoms with Gasteiger partial charge in [-0.3, -0.25) is 9.59 Å². The van der Waals surface area contributed by atoms with E-state index in [1.54, 1.807) is 31.4 Å². The fourth-order valence-corrected chi connectivity index (χ4v) is 2.99. The largest absolute Gasteiger partial charge is 0.497 e. The van der Waals surface area contributed by atoms with Gasteiger partial charge in [0.05, 0.1) is 24.1 Å². The molecule has 0 aromatic heterocycles. The maximum atomic E-state index is 12.3. The molecule has 1 fully saturated rings. The van der Waals surface area contributed by atoms with Gasteiger partial charge in [0.25, 0.3) is 5.91 Å². The molecule has 2 aromatic carbocycles. The molecule has 0 spiro atoms. The minimum absolute atomic E-state index is 0.138. The van der Waals surface area contributed by atoms with E-state index in [4.69, 9.17) is 4.74 Å². The highest BCUT2D eigenvalue weighted by molar-refractivity contribution is 8.00. The highest BCUT2D eigenvalue weighted by Crippen LogP contribution is 2.23. The number of nitrogens with one attached hydrogen (secondary N) is 2. The number of methoxy groups -OCH3 is 1. The second-order valence-electron chi connectivity index (χ2n) is 5.81. The second-order valence-corrected chi connectivity index (χ2v) is 6.85. The van der Waals surface area contributed by atoms with Gasteiger partial charge in [-0.25, -0.2) is 0 Å². The van der Waals surface area contributed by atoms with E-state index in [9.17, 15) is 9.59 Å². The first kappa shape index (κ1) is 17.4. The summed E-state index contributed by atoms with van der Waals surface area (Å²) in [5.74, 6) is 0.767. The van der Waals surface area contributed by atoms with Gasteiger partial charge >= 0.3 is 0 Å². The SMILES string of the molecule is COc1ccc(SCC(=O)Nc2ccccc2C(=O)NC2CC2)cc1. The Morgan fingerprint density at radius 2 is 1.84 bits per heavy atom. The van der Waals surface area contributed by atoms with Crippen LogP contribution in [-0.4, -0.2) is 30.7 Å². The summed E-state index contributed by atoms with van der Waals surface area (Å²) in [5.41, 5.74) is 1.04. The molecule has 5 nitrogen and oxygen atoms in total. The van der Waals surface area contributed by atoms with Crippen molar-refractivity contribution in [2.75, 3.05) is 18.2 Å². The van der Waals surface area contributed by atoms with Gasteiger partial charge in [0.15, 0.2) is 0 Å². The molecule has 2 N–H and O–H groups in total. The van der Waals surface area contributed by atoms with Crippen LogP contribution in [0.1, 0.15) is 23.2 Å². The Kier molecular flexibility index (Phi) is 5.60. The van der Waals surface area contributed by atoms with Crippen molar-refractivity contribution < 1.29 is 14.3 Å². The van der Waals surface area contributed by atoms with Crippen LogP contribution in [0, 0.1) is 0 Å². The number of amides is 2. The molecule has 2 aromatic rings. The van der Waals surface area contributed by atoms with Crippen molar-refractivity contribution in [2.24, 2.45) is 0 Å². The van der Waals surface area contributed by atoms with Gasteiger partial charge in [0, 0.05) is 10.9 Å². The molecule has 2 amide bonds. The number of carbonyl (C=O) groups excluding carboxylic acids is 2. The van der Waals surface area contributed by atoms with Crippen LogP contribution in [0.5, 0.6) is 5.75 Å². The third-order valence-electron chi connectivity index (χ3n) is 3.79. The molecule has 0 unspecified atom stereocenters. The fourth-order valence-electron chi connectivity index (χ4n) is 2.29. The molecule has 0 atom stereocenters. The summed E-state index contributed by atoms with van der Waals surface area (Å²) in [7, 11) is 1.62. The van der Waals surface area contributed by atoms with E-state index in [1.807, 2.05) is 24.3 Å². The van der Waals surface area contributed by atoms with Crippen LogP contribution >= 0.6 is 11.8 Å². The standard InChI is InChI=1S/C19H20N2O3S/c1-24-14-8-10-15(11-9-14)25-12-18(22)21-17-5-3-2-4-16(17)19(23)20-13-6-7-13/h2-5,8-11,13H,6-7,12H2,1H3,(H,20,23)(H,21,22). The molecule has 6 heteroatoms. The summed E-state index contributed by atoms with van der Waals surface area (Å²) in [4.78, 5) is 25.5. The van der Waals surface area contributed by atoms with E-state index in [1.165, 1.54) is 11.8 Å². The van der Waals surface area contributed by atoms with Gasteiger partial charge in [0.2, 0.25) is 5.91 Å². The lowest BCUT2D eigenvalue weighted by atomic mass is 10.1. The lowest BCUT2D eigenvalue weighted by molar-refractivity contribution is -0.113. The van der Waals surface area contributed by atoms with Crippen molar-refractivity contribution in [3.8, 4) is 5.75 Å². The number of hydrogen-bond acceptors (Lipinski definition) is 4. The Bertz CT molecular complexity index is 758. The number of carbonyl (C=O) groups is 2. The molecule has 1 aliphatic carbocycles. The number of anilines is 1. The first-order valence-corrected chi connectivity index (χ1v) is 9.11. The molecule has 1 saturated carbocycles. The highest BCUT2D eigenvalue weighted by atomic mass is 32.2. The number of hydrogen-bond donors (Lipinski definition) is 2. The Morgan fingerprint density at radius 3 is 2.52 bits per heavy atom. The Balaban J connectivity index is 1.57. The highest BCUT2D eigenvalue weighted by Gasteiger charge is 2.24. The van der Waals surface area contributed by atoms with E-state index < -0.39 is 0 Å². The summed E-state index contributed by atoms with van der Waals surface area (Å²) in [6.07, 6.45) is 2.05. The van der Waals surface area contributed by atoms with Crippen molar-refractivity contribution in [1.82, 2.24) is 5.32 Å². The van der Waals surface area contributed by atoms with E-state index in [0.717, 1.165) is 23.5 Å². The predicted octanol–water partition coefficient (Wildman–Crippen LogP) is 3.32. The summed E-state index contributed by atoms with van der Waals surface area (Å²) < 4.78 is 5.11. The zero-order chi connectivity index (χ0) is 17.6. The topological polar surface area (TPSA) is 67.4 Å². The van der Waals surface area contributed by atoms with Crippen LogP contribution in [0.2, 0.25) is 0 Å². The van der Waals surface area contributed by atoms with Crippen molar-refractivity contribution in [2.45, 2.75) is 23.8 Å². The number of ether oxygens (including phenoxy) is 1. The second kappa shape index (κ2) is 8.07. The average Bonchev–Trinajstić information content (AvgIpc) is 3.45. The number of thioether (sulfide) groups is 1. The first-order chi connectivity index (χ1) is 12.2. The molecule has 25 heavy (non-hydrogen) atoms. The summed E-state index contributed by atoms with van der Waals surface area (Å²) in [6, 6.07) is 14.9. The summed E-state index contributed by atoms with van der Waals surface area (Å²) in [6.45, 7) is 0. The normalized spacial score (nSPS) is 13.2. The van der Waals surface area contributed by atoms with Crippen molar-refractivity contribution in [3.63, 3.8) is 0 Å². The third-order valence-corrected chi connectivity index (χ3v) is 4.80. The van der Waals surface area contributed by atoms with Crippen molar-refractivity contribution in [3.05, 3.63) is 54.1 Å². The monoisotopic (exact) mass is 356 g/mol. The lowest BCUT2D eigenvalue weighted by Crippen LogP contribution is -2.27. The van der Waals surface area contributed by atoms with Gasteiger partial charge in [-0.1, -0.05) is 12.1 Å². The number of benzene rings is 2. The molecule has 0 saturated heterocycles. The Morgan fingerprint density at radius 1 is 1.12 bits per heavy atom. The minimum atomic E-state index is -0.146. The quantitative estimate of drug-likeness (QED) is 0.747. The molecule has 0 aliphatic heterocycles. The maximum absolute atomic E-state index is 12.3. The van der Waals surface area contributed by atoms with Crippen LogP contribution in [0.3, 0.4) is 0 Å². The van der Waals surface area contributed by atoms with Gasteiger partial charge in [-0.05, 0) is 49.2 Å². The number of para-hydroxylation sites is 1. The minimum Gasteiger partial charge on any atom is -0.497 e. The van der Waals surface area contributed by atoms with Gasteiger partial charge in [-0.2, -0.15) is 0 Å². The lowest BCUT2D eigenvalue weighted by Gasteiger charge is -2.11. The Hall–Kier alpha value is -2.47.